The molecule has 0 aliphatic carbocycles. The summed E-state index contributed by atoms with van der Waals surface area (Å²) < 4.78 is 28.9. The van der Waals surface area contributed by atoms with E-state index in [1.807, 2.05) is 13.1 Å². The summed E-state index contributed by atoms with van der Waals surface area (Å²) in [7, 11) is -5.09. The molecule has 2 atom stereocenters. The molecule has 0 aliphatic rings. The van der Waals surface area contributed by atoms with Gasteiger partial charge in [0.2, 0.25) is 0 Å². The van der Waals surface area contributed by atoms with Crippen LogP contribution in [0.1, 0.15) is 32.1 Å². The SMILES string of the molecule is C[Si](CCCNC(=O)O)(OCCCO)OCCCO[Si](C)(CCCNC(=O)OCCO)OCCCO. The van der Waals surface area contributed by atoms with Crippen molar-refractivity contribution in [2.75, 3.05) is 65.9 Å². The number of carbonyl (C=O) groups excluding carboxylic acids is 1. The lowest BCUT2D eigenvalue weighted by Crippen LogP contribution is -2.42. The summed E-state index contributed by atoms with van der Waals surface area (Å²) in [5.74, 6) is 0. The van der Waals surface area contributed by atoms with Gasteiger partial charge in [0.25, 0.3) is 0 Å². The van der Waals surface area contributed by atoms with E-state index in [1.165, 1.54) is 0 Å². The van der Waals surface area contributed by atoms with Gasteiger partial charge in [-0.2, -0.15) is 0 Å². The molecule has 0 aromatic rings. The van der Waals surface area contributed by atoms with Gasteiger partial charge in [-0.05, 0) is 57.3 Å². The molecule has 0 saturated carbocycles. The summed E-state index contributed by atoms with van der Waals surface area (Å²) in [6.45, 7) is 5.94. The Morgan fingerprint density at radius 2 is 1.08 bits per heavy atom. The van der Waals surface area contributed by atoms with Crippen LogP contribution in [-0.2, 0) is 22.4 Å². The fourth-order valence-electron chi connectivity index (χ4n) is 3.11. The Balaban J connectivity index is 4.55. The molecule has 214 valence electrons. The Labute approximate surface area is 215 Å². The lowest BCUT2D eigenvalue weighted by atomic mass is 10.5. The average Bonchev–Trinajstić information content (AvgIpc) is 2.83. The second kappa shape index (κ2) is 21.7. The van der Waals surface area contributed by atoms with Gasteiger partial charge in [0.1, 0.15) is 6.61 Å². The van der Waals surface area contributed by atoms with Crippen LogP contribution >= 0.6 is 0 Å². The Kier molecular flexibility index (Phi) is 21.0. The molecule has 36 heavy (non-hydrogen) atoms. The van der Waals surface area contributed by atoms with Gasteiger partial charge >= 0.3 is 29.3 Å². The lowest BCUT2D eigenvalue weighted by molar-refractivity contribution is 0.118. The number of hydrogen-bond acceptors (Lipinski definition) is 10. The number of aliphatic hydroxyl groups excluding tert-OH is 3. The zero-order chi connectivity index (χ0) is 27.1. The minimum atomic E-state index is -2.55. The maximum absolute atomic E-state index is 11.5. The summed E-state index contributed by atoms with van der Waals surface area (Å²) in [6, 6.07) is 1.25. The molecular formula is C21H46N2O11Si2. The number of aliphatic hydroxyl groups is 3. The molecule has 0 aromatic carbocycles. The highest BCUT2D eigenvalue weighted by Crippen LogP contribution is 2.19. The van der Waals surface area contributed by atoms with Crippen molar-refractivity contribution in [2.24, 2.45) is 0 Å². The molecule has 0 bridgehead atoms. The molecule has 15 heteroatoms. The highest BCUT2D eigenvalue weighted by atomic mass is 28.4. The quantitative estimate of drug-likeness (QED) is 0.0736. The van der Waals surface area contributed by atoms with Crippen LogP contribution in [0.25, 0.3) is 0 Å². The van der Waals surface area contributed by atoms with Gasteiger partial charge in [0.15, 0.2) is 0 Å². The summed E-state index contributed by atoms with van der Waals surface area (Å²) in [5.41, 5.74) is 0. The van der Waals surface area contributed by atoms with Gasteiger partial charge in [0.05, 0.1) is 6.61 Å². The molecule has 6 N–H and O–H groups in total. The summed E-state index contributed by atoms with van der Waals surface area (Å²) in [5, 5.41) is 40.4. The number of nitrogens with one attached hydrogen (secondary N) is 2. The van der Waals surface area contributed by atoms with Crippen LogP contribution in [-0.4, -0.2) is 116 Å². The van der Waals surface area contributed by atoms with E-state index in [2.05, 4.69) is 10.6 Å². The van der Waals surface area contributed by atoms with Crippen molar-refractivity contribution in [3.8, 4) is 0 Å². The van der Waals surface area contributed by atoms with Crippen LogP contribution in [0.5, 0.6) is 0 Å². The van der Waals surface area contributed by atoms with E-state index in [9.17, 15) is 9.59 Å². The van der Waals surface area contributed by atoms with E-state index < -0.39 is 29.3 Å². The van der Waals surface area contributed by atoms with E-state index in [0.717, 1.165) is 0 Å². The first-order valence-corrected chi connectivity index (χ1v) is 17.5. The third kappa shape index (κ3) is 19.8. The fourth-order valence-corrected chi connectivity index (χ4v) is 7.79. The van der Waals surface area contributed by atoms with Gasteiger partial charge in [-0.25, -0.2) is 9.59 Å². The van der Waals surface area contributed by atoms with E-state index in [4.69, 9.17) is 42.9 Å². The minimum Gasteiger partial charge on any atom is -0.465 e. The molecule has 2 amide bonds. The van der Waals surface area contributed by atoms with Crippen molar-refractivity contribution >= 4 is 29.3 Å². The predicted molar refractivity (Wildman–Crippen MR) is 136 cm³/mol. The molecule has 0 aromatic heterocycles. The van der Waals surface area contributed by atoms with Crippen molar-refractivity contribution in [3.63, 3.8) is 0 Å². The van der Waals surface area contributed by atoms with E-state index in [0.29, 0.717) is 83.7 Å². The van der Waals surface area contributed by atoms with Gasteiger partial charge in [-0.3, -0.25) is 0 Å². The maximum Gasteiger partial charge on any atom is 0.407 e. The zero-order valence-corrected chi connectivity index (χ0v) is 23.7. The number of carbonyl (C=O) groups is 2. The van der Waals surface area contributed by atoms with Crippen molar-refractivity contribution in [1.29, 1.82) is 0 Å². The molecule has 13 nitrogen and oxygen atoms in total. The molecule has 0 heterocycles. The number of amides is 2. The average molecular weight is 559 g/mol. The summed E-state index contributed by atoms with van der Waals surface area (Å²) in [4.78, 5) is 22.1. The molecule has 0 radical (unpaired) electrons. The minimum absolute atomic E-state index is 0.0255. The van der Waals surface area contributed by atoms with Crippen LogP contribution in [0.3, 0.4) is 0 Å². The van der Waals surface area contributed by atoms with E-state index in [-0.39, 0.29) is 26.4 Å². The smallest absolute Gasteiger partial charge is 0.407 e. The molecule has 0 spiro atoms. The number of alkyl carbamates (subject to hydrolysis) is 1. The first-order valence-electron chi connectivity index (χ1n) is 12.5. The lowest BCUT2D eigenvalue weighted by Gasteiger charge is -2.29. The highest BCUT2D eigenvalue weighted by Gasteiger charge is 2.32. The summed E-state index contributed by atoms with van der Waals surface area (Å²) >= 11 is 0. The largest absolute Gasteiger partial charge is 0.465 e. The third-order valence-electron chi connectivity index (χ3n) is 5.01. The standard InChI is InChI=1S/C21H46N2O11Si2/c1-35(31-13-5-10-24,18-3-8-22-20(27)28)33-15-7-16-34-36(2,32-14-6-11-25)19-4-9-23-21(29)30-17-12-26/h22,24-26H,3-19H2,1-2H3,(H,23,29)(H,27,28). The monoisotopic (exact) mass is 558 g/mol. The fraction of sp³-hybridized carbons (Fsp3) is 0.905. The van der Waals surface area contributed by atoms with Crippen LogP contribution in [0.15, 0.2) is 0 Å². The van der Waals surface area contributed by atoms with Gasteiger partial charge < -0.3 is 53.5 Å². The maximum atomic E-state index is 11.5. The van der Waals surface area contributed by atoms with Crippen LogP contribution < -0.4 is 10.6 Å². The molecule has 0 aliphatic heterocycles. The van der Waals surface area contributed by atoms with Crippen LogP contribution in [0.2, 0.25) is 25.2 Å². The Bertz CT molecular complexity index is 580. The molecule has 2 unspecified atom stereocenters. The van der Waals surface area contributed by atoms with Crippen LogP contribution in [0.4, 0.5) is 9.59 Å². The normalized spacial score (nSPS) is 14.6. The molecule has 0 rings (SSSR count). The molecular weight excluding hydrogens is 512 g/mol. The van der Waals surface area contributed by atoms with Gasteiger partial charge in [0, 0.05) is 52.7 Å². The Hall–Kier alpha value is -1.31. The first kappa shape index (κ1) is 34.7. The van der Waals surface area contributed by atoms with E-state index >= 15 is 0 Å². The number of hydrogen-bond donors (Lipinski definition) is 6. The Morgan fingerprint density at radius 1 is 0.639 bits per heavy atom. The van der Waals surface area contributed by atoms with Crippen molar-refractivity contribution in [1.82, 2.24) is 10.6 Å². The third-order valence-corrected chi connectivity index (χ3v) is 10.8. The summed E-state index contributed by atoms with van der Waals surface area (Å²) in [6.07, 6.45) is 1.19. The number of carboxylic acid groups (broad SMARTS) is 1. The van der Waals surface area contributed by atoms with Crippen LogP contribution in [0, 0.1) is 0 Å². The van der Waals surface area contributed by atoms with Gasteiger partial charge in [-0.1, -0.05) is 0 Å². The zero-order valence-electron chi connectivity index (χ0n) is 21.7. The second-order valence-corrected chi connectivity index (χ2v) is 15.1. The van der Waals surface area contributed by atoms with E-state index in [1.54, 1.807) is 0 Å². The number of rotatable bonds is 24. The first-order chi connectivity index (χ1) is 17.2. The highest BCUT2D eigenvalue weighted by molar-refractivity contribution is 6.66. The van der Waals surface area contributed by atoms with Crippen molar-refractivity contribution in [2.45, 2.75) is 57.3 Å². The van der Waals surface area contributed by atoms with Crippen molar-refractivity contribution in [3.05, 3.63) is 0 Å². The van der Waals surface area contributed by atoms with Gasteiger partial charge in [-0.15, -0.1) is 0 Å². The molecule has 0 saturated heterocycles. The molecule has 0 fully saturated rings. The second-order valence-electron chi connectivity index (χ2n) is 8.39. The van der Waals surface area contributed by atoms with Crippen molar-refractivity contribution < 1.29 is 52.5 Å². The predicted octanol–water partition coefficient (Wildman–Crippen LogP) is 1.12. The topological polar surface area (TPSA) is 185 Å². The Morgan fingerprint density at radius 3 is 1.50 bits per heavy atom. The number of ether oxygens (including phenoxy) is 1.